The quantitative estimate of drug-likeness (QED) is 0.134. The Bertz CT molecular complexity index is 2730. The van der Waals surface area contributed by atoms with Crippen molar-refractivity contribution in [3.8, 4) is 11.5 Å². The molecule has 0 aliphatic carbocycles. The van der Waals surface area contributed by atoms with Crippen LogP contribution in [0.15, 0.2) is 151 Å². The highest BCUT2D eigenvalue weighted by atomic mass is 35.5. The number of halogens is 1. The van der Waals surface area contributed by atoms with Crippen LogP contribution in [0.4, 0.5) is 0 Å². The van der Waals surface area contributed by atoms with Crippen molar-refractivity contribution in [3.63, 3.8) is 0 Å². The van der Waals surface area contributed by atoms with Gasteiger partial charge in [-0.3, -0.25) is 0 Å². The first-order valence-corrected chi connectivity index (χ1v) is 24.8. The summed E-state index contributed by atoms with van der Waals surface area (Å²) in [5, 5.41) is 8.04. The lowest BCUT2D eigenvalue weighted by Crippen LogP contribution is -3.00. The van der Waals surface area contributed by atoms with Gasteiger partial charge >= 0.3 is 5.96 Å². The summed E-state index contributed by atoms with van der Waals surface area (Å²) >= 11 is 0. The Kier molecular flexibility index (Phi) is 15.1. The Labute approximate surface area is 425 Å². The summed E-state index contributed by atoms with van der Waals surface area (Å²) in [6.45, 7) is 28.7. The normalized spacial score (nSPS) is 18.5. The third-order valence-electron chi connectivity index (χ3n) is 13.8. The fraction of sp³-hybridized carbons (Fsp3) is 0.387. The third-order valence-corrected chi connectivity index (χ3v) is 13.8. The zero-order valence-electron chi connectivity index (χ0n) is 44.1. The Hall–Kier alpha value is -6.05. The molecular weight excluding hydrogens is 882 g/mol. The highest BCUT2D eigenvalue weighted by Gasteiger charge is 2.50. The Morgan fingerprint density at radius 3 is 1.33 bits per heavy atom. The summed E-state index contributed by atoms with van der Waals surface area (Å²) in [5.41, 5.74) is 11.4. The minimum Gasteiger partial charge on any atom is -1.00 e. The molecule has 2 aliphatic rings. The first-order chi connectivity index (χ1) is 32.7. The van der Waals surface area contributed by atoms with E-state index in [1.807, 2.05) is 14.2 Å². The summed E-state index contributed by atoms with van der Waals surface area (Å²) in [6.07, 6.45) is 0. The van der Waals surface area contributed by atoms with Gasteiger partial charge in [0.2, 0.25) is 0 Å². The lowest BCUT2D eigenvalue weighted by Gasteiger charge is -2.31. The molecule has 2 N–H and O–H groups in total. The predicted octanol–water partition coefficient (Wildman–Crippen LogP) is 10.8. The molecule has 0 spiro atoms. The molecule has 0 aromatic heterocycles. The van der Waals surface area contributed by atoms with Gasteiger partial charge in [-0.2, -0.15) is 0 Å². The molecular formula is C62H76ClN5O2. The van der Waals surface area contributed by atoms with Gasteiger partial charge in [0.15, 0.2) is 0 Å². The molecule has 70 heavy (non-hydrogen) atoms. The molecule has 0 radical (unpaired) electrons. The van der Waals surface area contributed by atoms with Gasteiger partial charge in [0.05, 0.1) is 33.4 Å². The van der Waals surface area contributed by atoms with Gasteiger partial charge in [-0.25, -0.2) is 19.8 Å². The van der Waals surface area contributed by atoms with Crippen LogP contribution in [0.2, 0.25) is 0 Å². The summed E-state index contributed by atoms with van der Waals surface area (Å²) in [5.74, 6) is 3.67. The molecule has 2 heterocycles. The molecule has 7 nitrogen and oxygen atoms in total. The van der Waals surface area contributed by atoms with Gasteiger partial charge in [0.25, 0.3) is 5.96 Å². The molecule has 0 saturated heterocycles. The number of guanidine groups is 2. The number of ether oxygens (including phenoxy) is 2. The first-order valence-electron chi connectivity index (χ1n) is 24.8. The van der Waals surface area contributed by atoms with Crippen LogP contribution in [0.3, 0.4) is 0 Å². The second-order valence-electron chi connectivity index (χ2n) is 23.2. The zero-order valence-corrected chi connectivity index (χ0v) is 44.9. The number of nitrogens with zero attached hydrogens (tertiary/aromatic N) is 3. The fourth-order valence-corrected chi connectivity index (χ4v) is 10.4. The largest absolute Gasteiger partial charge is 1.00 e. The lowest BCUT2D eigenvalue weighted by atomic mass is 9.78. The minimum atomic E-state index is -0.167. The van der Waals surface area contributed by atoms with Crippen molar-refractivity contribution in [2.45, 2.75) is 142 Å². The third kappa shape index (κ3) is 10.8. The second-order valence-corrected chi connectivity index (χ2v) is 23.2. The molecule has 6 aromatic rings. The van der Waals surface area contributed by atoms with Crippen molar-refractivity contribution < 1.29 is 26.5 Å². The van der Waals surface area contributed by atoms with Crippen molar-refractivity contribution >= 4 is 11.9 Å². The van der Waals surface area contributed by atoms with E-state index in [-0.39, 0.29) is 58.2 Å². The molecule has 0 saturated carbocycles. The number of rotatable bonds is 10. The van der Waals surface area contributed by atoms with Gasteiger partial charge in [-0.05, 0) is 79.3 Å². The van der Waals surface area contributed by atoms with Crippen molar-refractivity contribution in [1.29, 1.82) is 0 Å². The van der Waals surface area contributed by atoms with Crippen LogP contribution >= 0.6 is 0 Å². The van der Waals surface area contributed by atoms with Crippen molar-refractivity contribution in [2.24, 2.45) is 4.99 Å². The maximum Gasteiger partial charge on any atom is 0.357 e. The van der Waals surface area contributed by atoms with Crippen molar-refractivity contribution in [1.82, 2.24) is 15.5 Å². The molecule has 6 aromatic carbocycles. The van der Waals surface area contributed by atoms with Gasteiger partial charge in [0, 0.05) is 22.3 Å². The maximum absolute atomic E-state index is 6.32. The smallest absolute Gasteiger partial charge is 0.357 e. The van der Waals surface area contributed by atoms with Crippen LogP contribution in [0.1, 0.15) is 163 Å². The van der Waals surface area contributed by atoms with Crippen molar-refractivity contribution in [2.75, 3.05) is 14.2 Å². The Morgan fingerprint density at radius 2 is 0.914 bits per heavy atom. The molecule has 2 aliphatic heterocycles. The number of benzene rings is 6. The standard InChI is InChI=1S/C62H75N5O2.ClH/c1-59(2,3)47-35-41(36-48(55(47)68-13)60(4,5)6)39-66-53(45-31-23-17-24-32-45)54(46-33-25-18-26-34-46)67(40-42-37-49(61(7,8)9)56(69-14)50(38-42)62(10,11)12)58(66)65-57-63-51(43-27-19-15-20-28-43)52(64-57)44-29-21-16-22-30-44;/h15-38,51-54H,39-40H2,1-14H3,(H,63,64);1H/t51-,52-,53-,54-;/m0./s1. The predicted molar refractivity (Wildman–Crippen MR) is 286 cm³/mol. The molecule has 4 atom stereocenters. The molecule has 368 valence electrons. The zero-order chi connectivity index (χ0) is 49.5. The topological polar surface area (TPSA) is 61.1 Å². The highest BCUT2D eigenvalue weighted by Crippen LogP contribution is 2.47. The number of nitrogens with one attached hydrogen (secondary N) is 2. The molecule has 0 amide bonds. The molecule has 8 rings (SSSR count). The van der Waals surface area contributed by atoms with Gasteiger partial charge in [0.1, 0.15) is 29.6 Å². The average molecular weight is 959 g/mol. The fourth-order valence-electron chi connectivity index (χ4n) is 10.4. The summed E-state index contributed by atoms with van der Waals surface area (Å²) in [7, 11) is 3.64. The molecule has 0 unspecified atom stereocenters. The lowest BCUT2D eigenvalue weighted by molar-refractivity contribution is -0.583. The number of hydrogen-bond donors (Lipinski definition) is 2. The van der Waals surface area contributed by atoms with Crippen LogP contribution in [0, 0.1) is 0 Å². The van der Waals surface area contributed by atoms with Crippen molar-refractivity contribution in [3.05, 3.63) is 201 Å². The first kappa shape index (κ1) is 51.8. The number of aliphatic imine (C=N–C) groups is 1. The number of methoxy groups -OCH3 is 2. The average Bonchev–Trinajstić information content (AvgIpc) is 3.87. The van der Waals surface area contributed by atoms with E-state index < -0.39 is 0 Å². The SMILES string of the molecule is COc1c(C(C)(C)C)cc(CN2C(NC3=N[C@@H](c4ccccc4)[C@H](c4ccccc4)N3)=[N+](Cc3cc(C(C)(C)C)c(OC)c(C(C)(C)C)c3)[C@@H](c3ccccc3)[C@@H]2c2ccccc2)cc1C(C)(C)C.[Cl-]. The van der Waals surface area contributed by atoms with E-state index in [4.69, 9.17) is 14.5 Å². The monoisotopic (exact) mass is 958 g/mol. The van der Waals surface area contributed by atoms with Crippen LogP contribution in [-0.4, -0.2) is 35.6 Å². The number of hydrogen-bond acceptors (Lipinski definition) is 6. The second kappa shape index (κ2) is 20.4. The van der Waals surface area contributed by atoms with E-state index in [0.717, 1.165) is 29.0 Å². The Morgan fingerprint density at radius 1 is 0.529 bits per heavy atom. The highest BCUT2D eigenvalue weighted by molar-refractivity contribution is 5.98. The van der Waals surface area contributed by atoms with Crippen LogP contribution in [0.5, 0.6) is 11.5 Å². The summed E-state index contributed by atoms with van der Waals surface area (Å²) < 4.78 is 15.2. The maximum atomic E-state index is 6.32. The Balaban J connectivity index is 0.00000722. The van der Waals surface area contributed by atoms with Crippen LogP contribution in [-0.2, 0) is 34.7 Å². The van der Waals surface area contributed by atoms with E-state index in [2.05, 4.69) is 249 Å². The molecule has 8 heteroatoms. The molecule has 0 bridgehead atoms. The van der Waals surface area contributed by atoms with Gasteiger partial charge in [-0.1, -0.05) is 204 Å². The van der Waals surface area contributed by atoms with E-state index in [1.54, 1.807) is 0 Å². The van der Waals surface area contributed by atoms with Gasteiger partial charge in [-0.15, -0.1) is 0 Å². The summed E-state index contributed by atoms with van der Waals surface area (Å²) in [6, 6.07) is 52.7. The van der Waals surface area contributed by atoms with E-state index >= 15 is 0 Å². The summed E-state index contributed by atoms with van der Waals surface area (Å²) in [4.78, 5) is 8.19. The van der Waals surface area contributed by atoms with E-state index in [1.165, 1.54) is 50.1 Å². The van der Waals surface area contributed by atoms with Gasteiger partial charge < -0.3 is 27.2 Å². The van der Waals surface area contributed by atoms with Crippen LogP contribution < -0.4 is 32.5 Å². The van der Waals surface area contributed by atoms with E-state index in [9.17, 15) is 0 Å². The van der Waals surface area contributed by atoms with E-state index in [0.29, 0.717) is 13.1 Å². The minimum absolute atomic E-state index is 0. The molecule has 0 fully saturated rings. The van der Waals surface area contributed by atoms with Crippen LogP contribution in [0.25, 0.3) is 0 Å².